The number of hydrogen-bond donors (Lipinski definition) is 1. The fourth-order valence-corrected chi connectivity index (χ4v) is 2.48. The molecule has 0 radical (unpaired) electrons. The molecule has 0 saturated carbocycles. The highest BCUT2D eigenvalue weighted by molar-refractivity contribution is 6.40. The van der Waals surface area contributed by atoms with E-state index in [2.05, 4.69) is 0 Å². The number of nitriles is 1. The van der Waals surface area contributed by atoms with E-state index in [-0.39, 0.29) is 21.2 Å². The van der Waals surface area contributed by atoms with Crippen molar-refractivity contribution in [2.45, 2.75) is 11.2 Å². The Morgan fingerprint density at radius 3 is 2.52 bits per heavy atom. The van der Waals surface area contributed by atoms with Crippen LogP contribution in [0.25, 0.3) is 6.08 Å². The Labute approximate surface area is 126 Å². The van der Waals surface area contributed by atoms with E-state index in [9.17, 15) is 18.0 Å². The number of hydrogen-bond acceptors (Lipinski definition) is 3. The van der Waals surface area contributed by atoms with E-state index in [0.717, 1.165) is 6.08 Å². The van der Waals surface area contributed by atoms with Crippen molar-refractivity contribution >= 4 is 41.1 Å². The summed E-state index contributed by atoms with van der Waals surface area (Å²) in [6.45, 7) is 0. The summed E-state index contributed by atoms with van der Waals surface area (Å²) in [7, 11) is 0. The molecule has 4 nitrogen and oxygen atoms in total. The lowest BCUT2D eigenvalue weighted by Gasteiger charge is -2.40. The number of alkyl halides is 4. The Bertz CT molecular complexity index is 697. The van der Waals surface area contributed by atoms with Crippen molar-refractivity contribution in [3.8, 4) is 6.07 Å². The smallest absolute Gasteiger partial charge is 0.431 e. The highest BCUT2D eigenvalue weighted by Gasteiger charge is 2.64. The molecule has 1 aliphatic rings. The predicted molar refractivity (Wildman–Crippen MR) is 69.7 cm³/mol. The number of fused-ring (bicyclic) bond motifs is 1. The second-order valence-corrected chi connectivity index (χ2v) is 5.03. The summed E-state index contributed by atoms with van der Waals surface area (Å²) in [5.74, 6) is -1.86. The maximum Gasteiger partial charge on any atom is 0.431 e. The summed E-state index contributed by atoms with van der Waals surface area (Å²) in [5.41, 5.74) is -1.09. The Hall–Kier alpha value is -1.91. The zero-order valence-corrected chi connectivity index (χ0v) is 11.5. The van der Waals surface area contributed by atoms with Gasteiger partial charge in [0.25, 0.3) is 5.00 Å². The number of carboxylic acid groups (broad SMARTS) is 1. The summed E-state index contributed by atoms with van der Waals surface area (Å²) >= 11 is 11.2. The lowest BCUT2D eigenvalue weighted by molar-refractivity contribution is -0.157. The Morgan fingerprint density at radius 1 is 1.43 bits per heavy atom. The molecular weight excluding hydrogens is 332 g/mol. The number of rotatable bonds is 1. The monoisotopic (exact) mass is 336 g/mol. The van der Waals surface area contributed by atoms with Crippen molar-refractivity contribution in [1.29, 1.82) is 5.26 Å². The molecule has 0 bridgehead atoms. The van der Waals surface area contributed by atoms with Crippen LogP contribution < -0.4 is 4.42 Å². The minimum Gasteiger partial charge on any atom is -0.478 e. The van der Waals surface area contributed by atoms with Crippen LogP contribution in [-0.4, -0.2) is 22.3 Å². The number of carbonyl (C=O) groups is 1. The van der Waals surface area contributed by atoms with Gasteiger partial charge in [-0.05, 0) is 24.3 Å². The summed E-state index contributed by atoms with van der Waals surface area (Å²) in [6.07, 6.45) is -4.37. The molecule has 110 valence electrons. The van der Waals surface area contributed by atoms with Crippen LogP contribution >= 0.6 is 23.4 Å². The van der Waals surface area contributed by atoms with Gasteiger partial charge in [-0.2, -0.15) is 18.4 Å². The van der Waals surface area contributed by atoms with E-state index >= 15 is 0 Å². The van der Waals surface area contributed by atoms with Gasteiger partial charge in [-0.1, -0.05) is 11.6 Å². The lowest BCUT2D eigenvalue weighted by Crippen LogP contribution is -2.55. The Balaban J connectivity index is 2.76. The molecule has 1 atom stereocenters. The van der Waals surface area contributed by atoms with E-state index < -0.39 is 22.7 Å². The number of halogens is 5. The molecule has 0 amide bonds. The van der Waals surface area contributed by atoms with Crippen LogP contribution in [0.1, 0.15) is 11.1 Å². The van der Waals surface area contributed by atoms with Crippen LogP contribution in [0.5, 0.6) is 0 Å². The summed E-state index contributed by atoms with van der Waals surface area (Å²) < 4.78 is 39.8. The SMILES string of the molecule is N#Cc1ccc2c(c1)C=C(C(=O)O)C(Cl)(C(F)(F)F)N2Cl. The van der Waals surface area contributed by atoms with Crippen molar-refractivity contribution < 1.29 is 23.1 Å². The first-order valence-corrected chi connectivity index (χ1v) is 6.05. The molecule has 1 aromatic carbocycles. The van der Waals surface area contributed by atoms with Gasteiger partial charge in [0.15, 0.2) is 0 Å². The molecule has 1 unspecified atom stereocenters. The van der Waals surface area contributed by atoms with Crippen molar-refractivity contribution in [1.82, 2.24) is 0 Å². The zero-order valence-electron chi connectivity index (χ0n) is 9.95. The van der Waals surface area contributed by atoms with Crippen molar-refractivity contribution in [2.24, 2.45) is 0 Å². The van der Waals surface area contributed by atoms with Gasteiger partial charge in [0.1, 0.15) is 0 Å². The predicted octanol–water partition coefficient (Wildman–Crippen LogP) is 3.50. The topological polar surface area (TPSA) is 64.3 Å². The maximum absolute atomic E-state index is 13.2. The molecule has 1 aliphatic heterocycles. The van der Waals surface area contributed by atoms with Gasteiger partial charge >= 0.3 is 12.1 Å². The highest BCUT2D eigenvalue weighted by Crippen LogP contribution is 2.51. The van der Waals surface area contributed by atoms with Crippen molar-refractivity contribution in [2.75, 3.05) is 4.42 Å². The maximum atomic E-state index is 13.2. The lowest BCUT2D eigenvalue weighted by atomic mass is 9.95. The van der Waals surface area contributed by atoms with Crippen LogP contribution in [0.15, 0.2) is 23.8 Å². The largest absolute Gasteiger partial charge is 0.478 e. The summed E-state index contributed by atoms with van der Waals surface area (Å²) in [6, 6.07) is 5.43. The third-order valence-electron chi connectivity index (χ3n) is 2.90. The fourth-order valence-electron chi connectivity index (χ4n) is 1.91. The molecule has 0 saturated heterocycles. The van der Waals surface area contributed by atoms with E-state index in [1.54, 1.807) is 6.07 Å². The van der Waals surface area contributed by atoms with Gasteiger partial charge in [0.05, 0.1) is 22.9 Å². The normalized spacial score (nSPS) is 21.3. The molecule has 0 aromatic heterocycles. The van der Waals surface area contributed by atoms with E-state index in [1.165, 1.54) is 18.2 Å². The quantitative estimate of drug-likeness (QED) is 0.484. The molecule has 0 spiro atoms. The first-order chi connectivity index (χ1) is 9.62. The molecule has 9 heteroatoms. The van der Waals surface area contributed by atoms with Crippen LogP contribution in [0.3, 0.4) is 0 Å². The van der Waals surface area contributed by atoms with Gasteiger partial charge < -0.3 is 5.11 Å². The van der Waals surface area contributed by atoms with Gasteiger partial charge in [-0.3, -0.25) is 4.42 Å². The van der Waals surface area contributed by atoms with Crippen LogP contribution in [0.4, 0.5) is 18.9 Å². The van der Waals surface area contributed by atoms with Crippen LogP contribution in [0, 0.1) is 11.3 Å². The molecule has 1 aromatic rings. The molecule has 0 fully saturated rings. The molecule has 1 heterocycles. The van der Waals surface area contributed by atoms with E-state index in [4.69, 9.17) is 33.7 Å². The number of carboxylic acids is 1. The van der Waals surface area contributed by atoms with Gasteiger partial charge in [-0.15, -0.1) is 0 Å². The first-order valence-electron chi connectivity index (χ1n) is 5.34. The van der Waals surface area contributed by atoms with Gasteiger partial charge in [-0.25, -0.2) is 4.79 Å². The highest BCUT2D eigenvalue weighted by atomic mass is 35.5. The molecule has 2 rings (SSSR count). The van der Waals surface area contributed by atoms with E-state index in [1.807, 2.05) is 0 Å². The third kappa shape index (κ3) is 2.20. The first kappa shape index (κ1) is 15.5. The second-order valence-electron chi connectivity index (χ2n) is 4.15. The third-order valence-corrected chi connectivity index (χ3v) is 4.01. The van der Waals surface area contributed by atoms with E-state index in [0.29, 0.717) is 0 Å². The van der Waals surface area contributed by atoms with Crippen LogP contribution in [0.2, 0.25) is 0 Å². The minimum atomic E-state index is -5.13. The molecule has 0 aliphatic carbocycles. The number of nitrogens with zero attached hydrogens (tertiary/aromatic N) is 2. The summed E-state index contributed by atoms with van der Waals surface area (Å²) in [5, 5.41) is 17.8. The Kier molecular flexibility index (Phi) is 3.56. The van der Waals surface area contributed by atoms with Crippen molar-refractivity contribution in [3.05, 3.63) is 34.9 Å². The van der Waals surface area contributed by atoms with Gasteiger partial charge in [0, 0.05) is 17.3 Å². The Morgan fingerprint density at radius 2 is 2.05 bits per heavy atom. The van der Waals surface area contributed by atoms with Crippen molar-refractivity contribution in [3.63, 3.8) is 0 Å². The fraction of sp³-hybridized carbons (Fsp3) is 0.167. The number of anilines is 1. The number of aliphatic carboxylic acids is 1. The number of benzene rings is 1. The molecule has 1 N–H and O–H groups in total. The molecule has 21 heavy (non-hydrogen) atoms. The van der Waals surface area contributed by atoms with Gasteiger partial charge in [0.2, 0.25) is 0 Å². The van der Waals surface area contributed by atoms with Crippen LogP contribution in [-0.2, 0) is 4.79 Å². The molecular formula is C12H5Cl2F3N2O2. The average Bonchev–Trinajstić information content (AvgIpc) is 2.40. The summed E-state index contributed by atoms with van der Waals surface area (Å²) in [4.78, 5) is 7.72. The second kappa shape index (κ2) is 4.83. The minimum absolute atomic E-state index is 0.0574. The standard InChI is InChI=1S/C12H5Cl2F3N2O2/c13-11(12(15,16)17)8(10(20)21)4-7-3-6(5-18)1-2-9(7)19(11)14/h1-4H,(H,20,21). The zero-order chi connectivity index (χ0) is 16.0. The average molecular weight is 337 g/mol.